The third-order valence-electron chi connectivity index (χ3n) is 3.34. The maximum absolute atomic E-state index is 12.3. The minimum atomic E-state index is -0.850. The first-order valence-electron chi connectivity index (χ1n) is 6.70. The van der Waals surface area contributed by atoms with Crippen molar-refractivity contribution in [2.24, 2.45) is 0 Å². The number of carbonyl (C=O) groups excluding carboxylic acids is 1. The number of aryl methyl sites for hydroxylation is 2. The Bertz CT molecular complexity index is 485. The Morgan fingerprint density at radius 1 is 1.50 bits per heavy atom. The second kappa shape index (κ2) is 6.83. The van der Waals surface area contributed by atoms with Crippen molar-refractivity contribution in [2.75, 3.05) is 18.1 Å². The first-order valence-corrected chi connectivity index (χ1v) is 7.86. The van der Waals surface area contributed by atoms with Gasteiger partial charge in [-0.15, -0.1) is 0 Å². The van der Waals surface area contributed by atoms with Crippen LogP contribution in [-0.4, -0.2) is 46.0 Å². The number of nitrogens with zero attached hydrogens (tertiary/aromatic N) is 1. The first kappa shape index (κ1) is 15.0. The van der Waals surface area contributed by atoms with Crippen LogP contribution in [0.4, 0.5) is 0 Å². The van der Waals surface area contributed by atoms with Crippen LogP contribution >= 0.6 is 11.8 Å². The molecule has 0 radical (unpaired) electrons. The van der Waals surface area contributed by atoms with Crippen LogP contribution in [0.15, 0.2) is 16.5 Å². The Balaban J connectivity index is 1.90. The molecule has 1 amide bonds. The monoisotopic (exact) mass is 297 g/mol. The Kier molecular flexibility index (Phi) is 5.11. The molecule has 1 aromatic heterocycles. The largest absolute Gasteiger partial charge is 0.481 e. The minimum absolute atomic E-state index is 0.0191. The molecule has 110 valence electrons. The molecule has 1 saturated heterocycles. The second-order valence-electron chi connectivity index (χ2n) is 4.93. The molecular weight excluding hydrogens is 278 g/mol. The number of carboxylic acids is 1. The van der Waals surface area contributed by atoms with Crippen LogP contribution in [0.1, 0.15) is 24.4 Å². The molecule has 0 spiro atoms. The van der Waals surface area contributed by atoms with Crippen molar-refractivity contribution >= 4 is 23.6 Å². The third-order valence-corrected chi connectivity index (χ3v) is 4.43. The summed E-state index contributed by atoms with van der Waals surface area (Å²) in [6, 6.07) is 3.57. The van der Waals surface area contributed by atoms with Crippen molar-refractivity contribution in [3.63, 3.8) is 0 Å². The minimum Gasteiger partial charge on any atom is -0.481 e. The topological polar surface area (TPSA) is 70.8 Å². The van der Waals surface area contributed by atoms with Crippen molar-refractivity contribution in [3.05, 3.63) is 23.7 Å². The van der Waals surface area contributed by atoms with Gasteiger partial charge in [0.25, 0.3) is 0 Å². The molecule has 0 bridgehead atoms. The highest BCUT2D eigenvalue weighted by atomic mass is 32.2. The molecule has 0 aromatic carbocycles. The number of carbonyl (C=O) groups is 2. The summed E-state index contributed by atoms with van der Waals surface area (Å²) in [6.07, 6.45) is 0.961. The third kappa shape index (κ3) is 4.03. The SMILES string of the molecule is Cc1ccc(CCC(=O)N2CCSCC2CC(=O)O)o1. The van der Waals surface area contributed by atoms with E-state index in [1.807, 2.05) is 19.1 Å². The Labute approximate surface area is 122 Å². The van der Waals surface area contributed by atoms with Gasteiger partial charge in [0.05, 0.1) is 12.5 Å². The van der Waals surface area contributed by atoms with Gasteiger partial charge in [-0.05, 0) is 19.1 Å². The van der Waals surface area contributed by atoms with Crippen LogP contribution in [0, 0.1) is 6.92 Å². The smallest absolute Gasteiger partial charge is 0.305 e. The molecule has 2 heterocycles. The van der Waals surface area contributed by atoms with Gasteiger partial charge in [-0.25, -0.2) is 0 Å². The van der Waals surface area contributed by atoms with Crippen LogP contribution in [-0.2, 0) is 16.0 Å². The number of aliphatic carboxylic acids is 1. The van der Waals surface area contributed by atoms with Gasteiger partial charge in [0, 0.05) is 30.9 Å². The van der Waals surface area contributed by atoms with Crippen LogP contribution in [0.3, 0.4) is 0 Å². The molecule has 1 N–H and O–H groups in total. The quantitative estimate of drug-likeness (QED) is 0.899. The van der Waals surface area contributed by atoms with Crippen molar-refractivity contribution in [3.8, 4) is 0 Å². The van der Waals surface area contributed by atoms with E-state index < -0.39 is 5.97 Å². The molecule has 5 nitrogen and oxygen atoms in total. The van der Waals surface area contributed by atoms with Crippen molar-refractivity contribution in [2.45, 2.75) is 32.2 Å². The van der Waals surface area contributed by atoms with E-state index in [0.29, 0.717) is 25.1 Å². The lowest BCUT2D eigenvalue weighted by Crippen LogP contribution is -2.47. The Morgan fingerprint density at radius 2 is 2.30 bits per heavy atom. The normalized spacial score (nSPS) is 19.1. The van der Waals surface area contributed by atoms with E-state index in [4.69, 9.17) is 9.52 Å². The standard InChI is InChI=1S/C14H19NO4S/c1-10-2-3-12(19-10)4-5-13(16)15-6-7-20-9-11(15)8-14(17)18/h2-3,11H,4-9H2,1H3,(H,17,18). The van der Waals surface area contributed by atoms with E-state index in [-0.39, 0.29) is 18.4 Å². The lowest BCUT2D eigenvalue weighted by molar-refractivity contribution is -0.140. The Hall–Kier alpha value is -1.43. The highest BCUT2D eigenvalue weighted by molar-refractivity contribution is 7.99. The summed E-state index contributed by atoms with van der Waals surface area (Å²) in [5, 5.41) is 8.91. The van der Waals surface area contributed by atoms with Gasteiger partial charge in [0.2, 0.25) is 5.91 Å². The van der Waals surface area contributed by atoms with Gasteiger partial charge < -0.3 is 14.4 Å². The molecule has 1 unspecified atom stereocenters. The lowest BCUT2D eigenvalue weighted by atomic mass is 10.1. The summed E-state index contributed by atoms with van der Waals surface area (Å²) in [4.78, 5) is 24.8. The number of hydrogen-bond acceptors (Lipinski definition) is 4. The second-order valence-corrected chi connectivity index (χ2v) is 6.08. The molecule has 1 aliphatic rings. The van der Waals surface area contributed by atoms with Crippen LogP contribution < -0.4 is 0 Å². The molecule has 1 atom stereocenters. The van der Waals surface area contributed by atoms with Gasteiger partial charge in [-0.1, -0.05) is 0 Å². The summed E-state index contributed by atoms with van der Waals surface area (Å²) < 4.78 is 5.44. The van der Waals surface area contributed by atoms with E-state index in [1.54, 1.807) is 16.7 Å². The molecule has 2 rings (SSSR count). The van der Waals surface area contributed by atoms with Gasteiger partial charge >= 0.3 is 5.97 Å². The summed E-state index contributed by atoms with van der Waals surface area (Å²) in [5.74, 6) is 2.39. The number of amides is 1. The van der Waals surface area contributed by atoms with Gasteiger partial charge in [0.15, 0.2) is 0 Å². The molecule has 20 heavy (non-hydrogen) atoms. The molecule has 6 heteroatoms. The molecule has 1 aliphatic heterocycles. The fraction of sp³-hybridized carbons (Fsp3) is 0.571. The zero-order chi connectivity index (χ0) is 14.5. The van der Waals surface area contributed by atoms with E-state index in [0.717, 1.165) is 17.3 Å². The van der Waals surface area contributed by atoms with E-state index in [2.05, 4.69) is 0 Å². The lowest BCUT2D eigenvalue weighted by Gasteiger charge is -2.34. The van der Waals surface area contributed by atoms with Gasteiger partial charge in [-0.2, -0.15) is 11.8 Å². The summed E-state index contributed by atoms with van der Waals surface area (Å²) in [7, 11) is 0. The fourth-order valence-electron chi connectivity index (χ4n) is 2.35. The molecule has 0 aliphatic carbocycles. The number of thioether (sulfide) groups is 1. The van der Waals surface area contributed by atoms with Crippen molar-refractivity contribution in [1.29, 1.82) is 0 Å². The zero-order valence-corrected chi connectivity index (χ0v) is 12.3. The maximum Gasteiger partial charge on any atom is 0.305 e. The molecular formula is C14H19NO4S. The van der Waals surface area contributed by atoms with Crippen molar-refractivity contribution < 1.29 is 19.1 Å². The average molecular weight is 297 g/mol. The Morgan fingerprint density at radius 3 is 2.95 bits per heavy atom. The van der Waals surface area contributed by atoms with Crippen molar-refractivity contribution in [1.82, 2.24) is 4.90 Å². The molecule has 0 saturated carbocycles. The molecule has 1 aromatic rings. The zero-order valence-electron chi connectivity index (χ0n) is 11.5. The van der Waals surface area contributed by atoms with Crippen LogP contribution in [0.25, 0.3) is 0 Å². The van der Waals surface area contributed by atoms with E-state index in [1.165, 1.54) is 0 Å². The summed E-state index contributed by atoms with van der Waals surface area (Å²) in [5.41, 5.74) is 0. The van der Waals surface area contributed by atoms with Gasteiger partial charge in [-0.3, -0.25) is 9.59 Å². The predicted molar refractivity (Wildman–Crippen MR) is 76.8 cm³/mol. The number of furan rings is 1. The fourth-order valence-corrected chi connectivity index (χ4v) is 3.41. The van der Waals surface area contributed by atoms with Crippen LogP contribution in [0.5, 0.6) is 0 Å². The summed E-state index contributed by atoms with van der Waals surface area (Å²) in [6.45, 7) is 2.51. The van der Waals surface area contributed by atoms with Gasteiger partial charge in [0.1, 0.15) is 11.5 Å². The summed E-state index contributed by atoms with van der Waals surface area (Å²) >= 11 is 1.71. The van der Waals surface area contributed by atoms with E-state index in [9.17, 15) is 9.59 Å². The first-order chi connectivity index (χ1) is 9.56. The number of rotatable bonds is 5. The molecule has 1 fully saturated rings. The highest BCUT2D eigenvalue weighted by Gasteiger charge is 2.28. The highest BCUT2D eigenvalue weighted by Crippen LogP contribution is 2.20. The number of hydrogen-bond donors (Lipinski definition) is 1. The predicted octanol–water partition coefficient (Wildman–Crippen LogP) is 1.94. The maximum atomic E-state index is 12.3. The van der Waals surface area contributed by atoms with Crippen LogP contribution in [0.2, 0.25) is 0 Å². The average Bonchev–Trinajstić information content (AvgIpc) is 2.82. The van der Waals surface area contributed by atoms with E-state index >= 15 is 0 Å². The number of carboxylic acid groups (broad SMARTS) is 1.